The third kappa shape index (κ3) is 3.66. The van der Waals surface area contributed by atoms with Crippen molar-refractivity contribution in [2.24, 2.45) is 0 Å². The van der Waals surface area contributed by atoms with Crippen molar-refractivity contribution in [3.8, 4) is 0 Å². The number of aliphatic hydroxyl groups is 1. The van der Waals surface area contributed by atoms with Gasteiger partial charge in [-0.1, -0.05) is 12.8 Å². The predicted octanol–water partition coefficient (Wildman–Crippen LogP) is 2.45. The lowest BCUT2D eigenvalue weighted by atomic mass is 10.0. The van der Waals surface area contributed by atoms with E-state index in [0.717, 1.165) is 57.4 Å². The molecule has 1 aliphatic heterocycles. The number of likely N-dealkylation sites (N-methyl/N-ethyl adjacent to an activating group) is 1. The van der Waals surface area contributed by atoms with Crippen molar-refractivity contribution in [1.82, 2.24) is 9.88 Å². The van der Waals surface area contributed by atoms with Crippen LogP contribution in [0.15, 0.2) is 18.3 Å². The van der Waals surface area contributed by atoms with Gasteiger partial charge in [0.25, 0.3) is 5.91 Å². The van der Waals surface area contributed by atoms with Crippen molar-refractivity contribution in [2.75, 3.05) is 31.6 Å². The molecule has 0 unspecified atom stereocenters. The lowest BCUT2D eigenvalue weighted by molar-refractivity contribution is 0.0157. The van der Waals surface area contributed by atoms with Gasteiger partial charge in [0, 0.05) is 32.9 Å². The summed E-state index contributed by atoms with van der Waals surface area (Å²) >= 11 is 0. The fourth-order valence-electron chi connectivity index (χ4n) is 3.83. The zero-order chi connectivity index (χ0) is 16.3. The number of amides is 1. The van der Waals surface area contributed by atoms with Gasteiger partial charge in [0.15, 0.2) is 0 Å². The second-order valence-electron chi connectivity index (χ2n) is 7.01. The fourth-order valence-corrected chi connectivity index (χ4v) is 3.83. The summed E-state index contributed by atoms with van der Waals surface area (Å²) in [6.07, 6.45) is 8.98. The largest absolute Gasteiger partial charge is 0.388 e. The Kier molecular flexibility index (Phi) is 4.85. The third-order valence-corrected chi connectivity index (χ3v) is 5.09. The predicted molar refractivity (Wildman–Crippen MR) is 90.7 cm³/mol. The summed E-state index contributed by atoms with van der Waals surface area (Å²) in [6, 6.07) is 3.67. The van der Waals surface area contributed by atoms with Gasteiger partial charge >= 0.3 is 0 Å². The van der Waals surface area contributed by atoms with Crippen molar-refractivity contribution in [3.05, 3.63) is 23.9 Å². The molecule has 5 heteroatoms. The van der Waals surface area contributed by atoms with Crippen molar-refractivity contribution < 1.29 is 9.90 Å². The zero-order valence-electron chi connectivity index (χ0n) is 14.0. The quantitative estimate of drug-likeness (QED) is 0.927. The van der Waals surface area contributed by atoms with Gasteiger partial charge in [-0.05, 0) is 44.2 Å². The van der Waals surface area contributed by atoms with E-state index < -0.39 is 5.60 Å². The molecule has 1 aliphatic carbocycles. The van der Waals surface area contributed by atoms with E-state index in [0.29, 0.717) is 12.1 Å². The smallest absolute Gasteiger partial charge is 0.257 e. The number of carbonyl (C=O) groups is 1. The number of pyridine rings is 1. The highest BCUT2D eigenvalue weighted by molar-refractivity contribution is 5.98. The van der Waals surface area contributed by atoms with E-state index >= 15 is 0 Å². The summed E-state index contributed by atoms with van der Waals surface area (Å²) in [5.74, 6) is 0.751. The second-order valence-corrected chi connectivity index (χ2v) is 7.01. The summed E-state index contributed by atoms with van der Waals surface area (Å²) < 4.78 is 0. The van der Waals surface area contributed by atoms with Gasteiger partial charge in [-0.2, -0.15) is 0 Å². The molecule has 23 heavy (non-hydrogen) atoms. The lowest BCUT2D eigenvalue weighted by Gasteiger charge is -2.32. The molecule has 0 radical (unpaired) electrons. The van der Waals surface area contributed by atoms with Gasteiger partial charge in [-0.15, -0.1) is 0 Å². The number of anilines is 1. The normalized spacial score (nSPS) is 20.5. The highest BCUT2D eigenvalue weighted by atomic mass is 16.3. The van der Waals surface area contributed by atoms with Crippen molar-refractivity contribution in [2.45, 2.75) is 50.5 Å². The average Bonchev–Trinajstić information content (AvgIpc) is 3.01. The second kappa shape index (κ2) is 6.87. The standard InChI is InChI=1S/C18H27N3O2/c1-20(14-18(23)9-3-4-10-18)17(22)15-8-7-11-19-16(15)21-12-5-2-6-13-21/h7-8,11,23H,2-6,9-10,12-14H2,1H3. The molecule has 3 rings (SSSR count). The Labute approximate surface area is 138 Å². The number of rotatable bonds is 4. The Balaban J connectivity index is 1.76. The van der Waals surface area contributed by atoms with Gasteiger partial charge < -0.3 is 14.9 Å². The average molecular weight is 317 g/mol. The van der Waals surface area contributed by atoms with Crippen LogP contribution in [0.5, 0.6) is 0 Å². The molecule has 0 bridgehead atoms. The van der Waals surface area contributed by atoms with E-state index in [1.807, 2.05) is 12.1 Å². The maximum absolute atomic E-state index is 12.9. The van der Waals surface area contributed by atoms with E-state index in [9.17, 15) is 9.90 Å². The van der Waals surface area contributed by atoms with Crippen LogP contribution in [0.4, 0.5) is 5.82 Å². The molecule has 1 saturated carbocycles. The van der Waals surface area contributed by atoms with Gasteiger partial charge in [-0.25, -0.2) is 4.98 Å². The SMILES string of the molecule is CN(CC1(O)CCCC1)C(=O)c1cccnc1N1CCCCC1. The number of hydrogen-bond acceptors (Lipinski definition) is 4. The van der Waals surface area contributed by atoms with Crippen LogP contribution in [0.25, 0.3) is 0 Å². The fraction of sp³-hybridized carbons (Fsp3) is 0.667. The monoisotopic (exact) mass is 317 g/mol. The Morgan fingerprint density at radius 3 is 2.65 bits per heavy atom. The maximum Gasteiger partial charge on any atom is 0.257 e. The van der Waals surface area contributed by atoms with Crippen LogP contribution >= 0.6 is 0 Å². The maximum atomic E-state index is 12.9. The van der Waals surface area contributed by atoms with E-state index in [-0.39, 0.29) is 5.91 Å². The molecule has 126 valence electrons. The molecule has 1 aromatic rings. The van der Waals surface area contributed by atoms with Gasteiger partial charge in [0.2, 0.25) is 0 Å². The summed E-state index contributed by atoms with van der Waals surface area (Å²) in [6.45, 7) is 2.33. The van der Waals surface area contributed by atoms with E-state index in [4.69, 9.17) is 0 Å². The van der Waals surface area contributed by atoms with Crippen LogP contribution in [0, 0.1) is 0 Å². The lowest BCUT2D eigenvalue weighted by Crippen LogP contribution is -2.42. The topological polar surface area (TPSA) is 56.7 Å². The van der Waals surface area contributed by atoms with Crippen molar-refractivity contribution in [1.29, 1.82) is 0 Å². The molecule has 1 amide bonds. The van der Waals surface area contributed by atoms with Crippen molar-refractivity contribution >= 4 is 11.7 Å². The summed E-state index contributed by atoms with van der Waals surface area (Å²) in [5, 5.41) is 10.6. The first-order valence-corrected chi connectivity index (χ1v) is 8.77. The van der Waals surface area contributed by atoms with Crippen LogP contribution in [0.2, 0.25) is 0 Å². The molecular formula is C18H27N3O2. The first-order valence-electron chi connectivity index (χ1n) is 8.77. The molecule has 5 nitrogen and oxygen atoms in total. The zero-order valence-corrected chi connectivity index (χ0v) is 14.0. The van der Waals surface area contributed by atoms with Crippen molar-refractivity contribution in [3.63, 3.8) is 0 Å². The highest BCUT2D eigenvalue weighted by Gasteiger charge is 2.34. The number of aromatic nitrogens is 1. The van der Waals surface area contributed by atoms with Gasteiger partial charge in [-0.3, -0.25) is 4.79 Å². The third-order valence-electron chi connectivity index (χ3n) is 5.09. The Morgan fingerprint density at radius 1 is 1.26 bits per heavy atom. The molecule has 2 heterocycles. The van der Waals surface area contributed by atoms with Gasteiger partial charge in [0.05, 0.1) is 11.2 Å². The van der Waals surface area contributed by atoms with Crippen LogP contribution in [0.3, 0.4) is 0 Å². The number of nitrogens with zero attached hydrogens (tertiary/aromatic N) is 3. The first-order chi connectivity index (χ1) is 11.1. The Hall–Kier alpha value is -1.62. The summed E-state index contributed by atoms with van der Waals surface area (Å²) in [4.78, 5) is 21.2. The minimum absolute atomic E-state index is 0.0426. The minimum Gasteiger partial charge on any atom is -0.388 e. The van der Waals surface area contributed by atoms with Gasteiger partial charge in [0.1, 0.15) is 5.82 Å². The molecule has 2 fully saturated rings. The molecule has 1 saturated heterocycles. The van der Waals surface area contributed by atoms with Crippen LogP contribution in [-0.4, -0.2) is 53.2 Å². The number of piperidine rings is 1. The van der Waals surface area contributed by atoms with E-state index in [1.165, 1.54) is 6.42 Å². The highest BCUT2D eigenvalue weighted by Crippen LogP contribution is 2.31. The molecule has 1 N–H and O–H groups in total. The minimum atomic E-state index is -0.710. The molecule has 0 spiro atoms. The van der Waals surface area contributed by atoms with Crippen LogP contribution in [-0.2, 0) is 0 Å². The molecule has 0 atom stereocenters. The molecule has 1 aromatic heterocycles. The summed E-state index contributed by atoms with van der Waals surface area (Å²) in [5.41, 5.74) is -0.0590. The molecule has 2 aliphatic rings. The van der Waals surface area contributed by atoms with Crippen LogP contribution in [0.1, 0.15) is 55.3 Å². The molecule has 0 aromatic carbocycles. The van der Waals surface area contributed by atoms with E-state index in [1.54, 1.807) is 18.1 Å². The summed E-state index contributed by atoms with van der Waals surface area (Å²) in [7, 11) is 1.78. The van der Waals surface area contributed by atoms with Crippen LogP contribution < -0.4 is 4.90 Å². The first kappa shape index (κ1) is 16.2. The number of hydrogen-bond donors (Lipinski definition) is 1. The number of carbonyl (C=O) groups excluding carboxylic acids is 1. The molecular weight excluding hydrogens is 290 g/mol. The Morgan fingerprint density at radius 2 is 1.96 bits per heavy atom. The Bertz CT molecular complexity index is 549. The van der Waals surface area contributed by atoms with E-state index in [2.05, 4.69) is 9.88 Å².